The van der Waals surface area contributed by atoms with Crippen molar-refractivity contribution in [3.8, 4) is 0 Å². The summed E-state index contributed by atoms with van der Waals surface area (Å²) in [6, 6.07) is 3.33. The summed E-state index contributed by atoms with van der Waals surface area (Å²) in [7, 11) is 1.75. The Balaban J connectivity index is 2.56. The van der Waals surface area contributed by atoms with Gasteiger partial charge in [-0.2, -0.15) is 0 Å². The Labute approximate surface area is 105 Å². The standard InChI is InChI=1S/C13H17F2NO2/c1-9(5-13(17)18)7-16(2)8-10-6-11(14)3-4-12(10)15/h3-4,6,9H,5,7-8H2,1-2H3,(H,17,18). The molecule has 0 radical (unpaired) electrons. The molecule has 0 fully saturated rings. The van der Waals surface area contributed by atoms with Gasteiger partial charge in [0.1, 0.15) is 11.6 Å². The molecule has 1 rings (SSSR count). The first kappa shape index (κ1) is 14.6. The van der Waals surface area contributed by atoms with Crippen LogP contribution < -0.4 is 0 Å². The predicted molar refractivity (Wildman–Crippen MR) is 64.1 cm³/mol. The Morgan fingerprint density at radius 1 is 1.44 bits per heavy atom. The van der Waals surface area contributed by atoms with E-state index in [1.807, 2.05) is 6.92 Å². The molecule has 1 aromatic carbocycles. The van der Waals surface area contributed by atoms with Crippen molar-refractivity contribution >= 4 is 5.97 Å². The highest BCUT2D eigenvalue weighted by Gasteiger charge is 2.12. The molecular formula is C13H17F2NO2. The van der Waals surface area contributed by atoms with Gasteiger partial charge in [-0.3, -0.25) is 4.79 Å². The summed E-state index contributed by atoms with van der Waals surface area (Å²) in [6.45, 7) is 2.59. The second-order valence-electron chi connectivity index (χ2n) is 4.64. The van der Waals surface area contributed by atoms with Crippen LogP contribution in [0.25, 0.3) is 0 Å². The van der Waals surface area contributed by atoms with E-state index in [2.05, 4.69) is 0 Å². The molecule has 1 aromatic rings. The highest BCUT2D eigenvalue weighted by atomic mass is 19.1. The Morgan fingerprint density at radius 3 is 2.72 bits per heavy atom. The van der Waals surface area contributed by atoms with Crippen LogP contribution in [0.2, 0.25) is 0 Å². The Bertz CT molecular complexity index is 423. The van der Waals surface area contributed by atoms with Crippen LogP contribution in [0.4, 0.5) is 8.78 Å². The Morgan fingerprint density at radius 2 is 2.11 bits per heavy atom. The first-order chi connectivity index (χ1) is 8.38. The summed E-state index contributed by atoms with van der Waals surface area (Å²) >= 11 is 0. The van der Waals surface area contributed by atoms with E-state index in [0.717, 1.165) is 18.2 Å². The molecule has 0 spiro atoms. The van der Waals surface area contributed by atoms with E-state index >= 15 is 0 Å². The monoisotopic (exact) mass is 257 g/mol. The Kier molecular flexibility index (Phi) is 5.22. The third-order valence-electron chi connectivity index (χ3n) is 2.59. The van der Waals surface area contributed by atoms with Crippen molar-refractivity contribution in [3.63, 3.8) is 0 Å². The van der Waals surface area contributed by atoms with Crippen LogP contribution in [0.15, 0.2) is 18.2 Å². The van der Waals surface area contributed by atoms with Gasteiger partial charge >= 0.3 is 5.97 Å². The van der Waals surface area contributed by atoms with Crippen LogP contribution in [0.3, 0.4) is 0 Å². The van der Waals surface area contributed by atoms with E-state index in [0.29, 0.717) is 6.54 Å². The molecule has 0 aliphatic rings. The molecule has 1 unspecified atom stereocenters. The lowest BCUT2D eigenvalue weighted by Crippen LogP contribution is -2.25. The zero-order valence-corrected chi connectivity index (χ0v) is 10.5. The number of halogens is 2. The number of hydrogen-bond donors (Lipinski definition) is 1. The third kappa shape index (κ3) is 4.79. The number of rotatable bonds is 6. The zero-order valence-electron chi connectivity index (χ0n) is 10.5. The fourth-order valence-electron chi connectivity index (χ4n) is 1.91. The normalized spacial score (nSPS) is 12.7. The summed E-state index contributed by atoms with van der Waals surface area (Å²) < 4.78 is 26.4. The lowest BCUT2D eigenvalue weighted by molar-refractivity contribution is -0.138. The molecule has 1 atom stereocenters. The zero-order chi connectivity index (χ0) is 13.7. The van der Waals surface area contributed by atoms with Crippen molar-refractivity contribution in [1.29, 1.82) is 0 Å². The number of carbonyl (C=O) groups is 1. The van der Waals surface area contributed by atoms with Crippen LogP contribution in [-0.4, -0.2) is 29.6 Å². The molecule has 0 heterocycles. The van der Waals surface area contributed by atoms with Gasteiger partial charge in [-0.1, -0.05) is 6.92 Å². The van der Waals surface area contributed by atoms with E-state index in [9.17, 15) is 13.6 Å². The second kappa shape index (κ2) is 6.44. The minimum atomic E-state index is -0.854. The van der Waals surface area contributed by atoms with Crippen molar-refractivity contribution in [2.24, 2.45) is 5.92 Å². The van der Waals surface area contributed by atoms with Crippen molar-refractivity contribution in [2.45, 2.75) is 19.9 Å². The van der Waals surface area contributed by atoms with Gasteiger partial charge in [0.15, 0.2) is 0 Å². The van der Waals surface area contributed by atoms with Crippen LogP contribution in [-0.2, 0) is 11.3 Å². The van der Waals surface area contributed by atoms with Crippen LogP contribution >= 0.6 is 0 Å². The van der Waals surface area contributed by atoms with Crippen molar-refractivity contribution in [1.82, 2.24) is 4.90 Å². The fraction of sp³-hybridized carbons (Fsp3) is 0.462. The van der Waals surface area contributed by atoms with Gasteiger partial charge in [-0.25, -0.2) is 8.78 Å². The van der Waals surface area contributed by atoms with E-state index in [4.69, 9.17) is 5.11 Å². The largest absolute Gasteiger partial charge is 0.481 e. The molecule has 100 valence electrons. The molecule has 0 aliphatic carbocycles. The molecule has 0 aliphatic heterocycles. The van der Waals surface area contributed by atoms with Crippen molar-refractivity contribution < 1.29 is 18.7 Å². The number of nitrogens with zero attached hydrogens (tertiary/aromatic N) is 1. The molecule has 0 aromatic heterocycles. The van der Waals surface area contributed by atoms with Gasteiger partial charge in [0, 0.05) is 25.1 Å². The molecular weight excluding hydrogens is 240 g/mol. The van der Waals surface area contributed by atoms with Gasteiger partial charge in [0.05, 0.1) is 0 Å². The van der Waals surface area contributed by atoms with E-state index < -0.39 is 17.6 Å². The average Bonchev–Trinajstić information content (AvgIpc) is 2.21. The highest BCUT2D eigenvalue weighted by molar-refractivity contribution is 5.66. The van der Waals surface area contributed by atoms with Crippen molar-refractivity contribution in [3.05, 3.63) is 35.4 Å². The summed E-state index contributed by atoms with van der Waals surface area (Å²) in [5, 5.41) is 8.64. The van der Waals surface area contributed by atoms with E-state index in [-0.39, 0.29) is 24.4 Å². The lowest BCUT2D eigenvalue weighted by Gasteiger charge is -2.20. The smallest absolute Gasteiger partial charge is 0.303 e. The summed E-state index contributed by atoms with van der Waals surface area (Å²) in [4.78, 5) is 12.3. The topological polar surface area (TPSA) is 40.5 Å². The molecule has 18 heavy (non-hydrogen) atoms. The van der Waals surface area contributed by atoms with Gasteiger partial charge in [-0.15, -0.1) is 0 Å². The summed E-state index contributed by atoms with van der Waals surface area (Å²) in [5.74, 6) is -1.82. The number of aliphatic carboxylic acids is 1. The molecule has 5 heteroatoms. The number of carboxylic acid groups (broad SMARTS) is 1. The molecule has 0 saturated carbocycles. The number of hydrogen-bond acceptors (Lipinski definition) is 2. The van der Waals surface area contributed by atoms with Gasteiger partial charge in [-0.05, 0) is 31.2 Å². The minimum absolute atomic E-state index is 0.0379. The SMILES string of the molecule is CC(CC(=O)O)CN(C)Cc1cc(F)ccc1F. The molecule has 0 amide bonds. The number of carboxylic acids is 1. The quantitative estimate of drug-likeness (QED) is 0.851. The van der Waals surface area contributed by atoms with Gasteiger partial charge in [0.2, 0.25) is 0 Å². The highest BCUT2D eigenvalue weighted by Crippen LogP contribution is 2.13. The first-order valence-electron chi connectivity index (χ1n) is 5.72. The van der Waals surface area contributed by atoms with Crippen LogP contribution in [0.1, 0.15) is 18.9 Å². The summed E-state index contributed by atoms with van der Waals surface area (Å²) in [5.41, 5.74) is 0.278. The van der Waals surface area contributed by atoms with E-state index in [1.54, 1.807) is 11.9 Å². The number of benzene rings is 1. The molecule has 0 bridgehead atoms. The third-order valence-corrected chi connectivity index (χ3v) is 2.59. The predicted octanol–water partition coefficient (Wildman–Crippen LogP) is 2.51. The second-order valence-corrected chi connectivity index (χ2v) is 4.64. The Hall–Kier alpha value is -1.49. The van der Waals surface area contributed by atoms with Crippen LogP contribution in [0, 0.1) is 17.6 Å². The first-order valence-corrected chi connectivity index (χ1v) is 5.72. The minimum Gasteiger partial charge on any atom is -0.481 e. The fourth-order valence-corrected chi connectivity index (χ4v) is 1.91. The van der Waals surface area contributed by atoms with Gasteiger partial charge in [0.25, 0.3) is 0 Å². The summed E-state index contributed by atoms with van der Waals surface area (Å²) in [6.07, 6.45) is 0.0654. The van der Waals surface area contributed by atoms with Crippen molar-refractivity contribution in [2.75, 3.05) is 13.6 Å². The maximum absolute atomic E-state index is 13.4. The van der Waals surface area contributed by atoms with Gasteiger partial charge < -0.3 is 10.0 Å². The lowest BCUT2D eigenvalue weighted by atomic mass is 10.1. The molecule has 0 saturated heterocycles. The average molecular weight is 257 g/mol. The maximum atomic E-state index is 13.4. The maximum Gasteiger partial charge on any atom is 0.303 e. The van der Waals surface area contributed by atoms with Crippen LogP contribution in [0.5, 0.6) is 0 Å². The molecule has 3 nitrogen and oxygen atoms in total. The molecule has 1 N–H and O–H groups in total. The van der Waals surface area contributed by atoms with E-state index in [1.165, 1.54) is 0 Å².